The van der Waals surface area contributed by atoms with Gasteiger partial charge in [-0.05, 0) is 36.2 Å². The standard InChI is InChI=1S/C29H34N4O4/c1-20-2-5-23-28(34)27(37-29(23)25(20)19-33-8-6-30-7-9-33)17-26-24-16-22(4-3-21(24)18-31-26)36-15-12-32-10-13-35-14-11-32/h2-5,16-17,30H,6-15,18-19H2,1H3/b27-17-. The third-order valence-electron chi connectivity index (χ3n) is 7.59. The van der Waals surface area contributed by atoms with E-state index in [0.717, 1.165) is 99.3 Å². The summed E-state index contributed by atoms with van der Waals surface area (Å²) < 4.78 is 17.7. The third-order valence-corrected chi connectivity index (χ3v) is 7.59. The summed E-state index contributed by atoms with van der Waals surface area (Å²) in [6.45, 7) is 12.4. The number of carbonyl (C=O) groups is 1. The van der Waals surface area contributed by atoms with Crippen LogP contribution in [0.4, 0.5) is 0 Å². The van der Waals surface area contributed by atoms with Crippen molar-refractivity contribution in [2.75, 3.05) is 65.6 Å². The van der Waals surface area contributed by atoms with Crippen LogP contribution in [0.25, 0.3) is 0 Å². The van der Waals surface area contributed by atoms with Crippen molar-refractivity contribution < 1.29 is 19.0 Å². The Morgan fingerprint density at radius 2 is 1.89 bits per heavy atom. The smallest absolute Gasteiger partial charge is 0.232 e. The molecule has 2 saturated heterocycles. The molecule has 0 spiro atoms. The lowest BCUT2D eigenvalue weighted by Crippen LogP contribution is -2.43. The van der Waals surface area contributed by atoms with Crippen molar-refractivity contribution in [2.24, 2.45) is 4.99 Å². The highest BCUT2D eigenvalue weighted by atomic mass is 16.5. The van der Waals surface area contributed by atoms with Gasteiger partial charge in [-0.3, -0.25) is 19.6 Å². The van der Waals surface area contributed by atoms with Crippen LogP contribution in [0.15, 0.2) is 47.2 Å². The van der Waals surface area contributed by atoms with Gasteiger partial charge in [-0.15, -0.1) is 0 Å². The van der Waals surface area contributed by atoms with Crippen LogP contribution >= 0.6 is 0 Å². The molecule has 0 amide bonds. The van der Waals surface area contributed by atoms with Crippen molar-refractivity contribution in [1.29, 1.82) is 0 Å². The Bertz CT molecular complexity index is 1240. The molecule has 1 N–H and O–H groups in total. The Hall–Kier alpha value is -3.04. The van der Waals surface area contributed by atoms with E-state index in [2.05, 4.69) is 28.1 Å². The molecule has 4 heterocycles. The molecule has 0 saturated carbocycles. The number of piperazine rings is 1. The number of ether oxygens (including phenoxy) is 3. The summed E-state index contributed by atoms with van der Waals surface area (Å²) in [5, 5.41) is 3.40. The van der Waals surface area contributed by atoms with E-state index in [9.17, 15) is 4.79 Å². The van der Waals surface area contributed by atoms with Crippen LogP contribution in [0.1, 0.15) is 32.6 Å². The van der Waals surface area contributed by atoms with Gasteiger partial charge < -0.3 is 19.5 Å². The minimum Gasteiger partial charge on any atom is -0.492 e. The number of allylic oxidation sites excluding steroid dienone is 2. The summed E-state index contributed by atoms with van der Waals surface area (Å²) >= 11 is 0. The quantitative estimate of drug-likeness (QED) is 0.584. The fourth-order valence-electron chi connectivity index (χ4n) is 5.34. The molecule has 0 unspecified atom stereocenters. The van der Waals surface area contributed by atoms with Crippen molar-refractivity contribution in [1.82, 2.24) is 15.1 Å². The summed E-state index contributed by atoms with van der Waals surface area (Å²) in [6, 6.07) is 10.0. The van der Waals surface area contributed by atoms with E-state index in [4.69, 9.17) is 19.2 Å². The number of nitrogens with one attached hydrogen (secondary N) is 1. The lowest BCUT2D eigenvalue weighted by Gasteiger charge is -2.28. The molecule has 4 aliphatic heterocycles. The van der Waals surface area contributed by atoms with Gasteiger partial charge in [-0.1, -0.05) is 12.1 Å². The van der Waals surface area contributed by atoms with Crippen LogP contribution in [-0.2, 0) is 17.8 Å². The number of aliphatic imine (C=N–C) groups is 1. The SMILES string of the molecule is Cc1ccc2c(c1CN1CCNCC1)O/C(=C\C1=NCc3ccc(OCCN4CCOCC4)cc31)C2=O. The molecule has 2 aromatic carbocycles. The van der Waals surface area contributed by atoms with E-state index in [0.29, 0.717) is 30.2 Å². The van der Waals surface area contributed by atoms with Gasteiger partial charge in [0.2, 0.25) is 5.78 Å². The number of ketones is 1. The molecule has 194 valence electrons. The summed E-state index contributed by atoms with van der Waals surface area (Å²) in [7, 11) is 0. The number of hydrogen-bond donors (Lipinski definition) is 1. The van der Waals surface area contributed by atoms with Gasteiger partial charge >= 0.3 is 0 Å². The van der Waals surface area contributed by atoms with Crippen LogP contribution in [0.3, 0.4) is 0 Å². The largest absolute Gasteiger partial charge is 0.492 e. The average molecular weight is 503 g/mol. The number of fused-ring (bicyclic) bond motifs is 2. The number of aryl methyl sites for hydroxylation is 1. The zero-order valence-corrected chi connectivity index (χ0v) is 21.4. The van der Waals surface area contributed by atoms with E-state index in [-0.39, 0.29) is 5.78 Å². The predicted molar refractivity (Wildman–Crippen MR) is 142 cm³/mol. The fraction of sp³-hybridized carbons (Fsp3) is 0.448. The molecule has 0 radical (unpaired) electrons. The molecule has 2 aromatic rings. The van der Waals surface area contributed by atoms with Gasteiger partial charge in [0, 0.05) is 69.6 Å². The summed E-state index contributed by atoms with van der Waals surface area (Å²) in [6.07, 6.45) is 1.80. The van der Waals surface area contributed by atoms with Crippen molar-refractivity contribution in [3.8, 4) is 11.5 Å². The van der Waals surface area contributed by atoms with E-state index in [1.807, 2.05) is 24.3 Å². The van der Waals surface area contributed by atoms with Crippen LogP contribution in [0.2, 0.25) is 0 Å². The molecule has 8 nitrogen and oxygen atoms in total. The van der Waals surface area contributed by atoms with Gasteiger partial charge in [0.25, 0.3) is 0 Å². The Kier molecular flexibility index (Phi) is 7.06. The Balaban J connectivity index is 1.17. The van der Waals surface area contributed by atoms with E-state index in [1.54, 1.807) is 6.08 Å². The molecule has 0 aromatic heterocycles. The van der Waals surface area contributed by atoms with E-state index in [1.165, 1.54) is 0 Å². The summed E-state index contributed by atoms with van der Waals surface area (Å²) in [5.74, 6) is 1.78. The highest BCUT2D eigenvalue weighted by molar-refractivity contribution is 6.19. The van der Waals surface area contributed by atoms with E-state index < -0.39 is 0 Å². The first-order valence-electron chi connectivity index (χ1n) is 13.3. The van der Waals surface area contributed by atoms with Crippen molar-refractivity contribution in [3.05, 3.63) is 70.0 Å². The first-order valence-corrected chi connectivity index (χ1v) is 13.3. The number of Topliss-reactive ketones (excluding diaryl/α,β-unsaturated/α-hetero) is 1. The zero-order chi connectivity index (χ0) is 25.2. The predicted octanol–water partition coefficient (Wildman–Crippen LogP) is 2.57. The van der Waals surface area contributed by atoms with E-state index >= 15 is 0 Å². The highest BCUT2D eigenvalue weighted by Crippen LogP contribution is 2.37. The monoisotopic (exact) mass is 502 g/mol. The number of nitrogens with zero attached hydrogens (tertiary/aromatic N) is 3. The lowest BCUT2D eigenvalue weighted by atomic mass is 10.0. The van der Waals surface area contributed by atoms with Crippen molar-refractivity contribution in [3.63, 3.8) is 0 Å². The summed E-state index contributed by atoms with van der Waals surface area (Å²) in [4.78, 5) is 22.8. The van der Waals surface area contributed by atoms with Crippen molar-refractivity contribution in [2.45, 2.75) is 20.0 Å². The maximum Gasteiger partial charge on any atom is 0.232 e. The first-order chi connectivity index (χ1) is 18.2. The first kappa shape index (κ1) is 24.3. The molecular formula is C29H34N4O4. The maximum absolute atomic E-state index is 13.3. The third kappa shape index (κ3) is 5.20. The highest BCUT2D eigenvalue weighted by Gasteiger charge is 2.32. The number of rotatable bonds is 7. The summed E-state index contributed by atoms with van der Waals surface area (Å²) in [5.41, 5.74) is 5.78. The molecule has 4 aliphatic rings. The minimum atomic E-state index is -0.0781. The molecular weight excluding hydrogens is 468 g/mol. The molecule has 37 heavy (non-hydrogen) atoms. The molecule has 8 heteroatoms. The Morgan fingerprint density at radius 3 is 2.73 bits per heavy atom. The second-order valence-electron chi connectivity index (χ2n) is 10.0. The van der Waals surface area contributed by atoms with Gasteiger partial charge in [-0.2, -0.15) is 0 Å². The Morgan fingerprint density at radius 1 is 1.05 bits per heavy atom. The maximum atomic E-state index is 13.3. The average Bonchev–Trinajstić information content (AvgIpc) is 3.47. The van der Waals surface area contributed by atoms with Crippen LogP contribution < -0.4 is 14.8 Å². The van der Waals surface area contributed by atoms with Crippen LogP contribution in [-0.4, -0.2) is 86.9 Å². The van der Waals surface area contributed by atoms with Crippen molar-refractivity contribution >= 4 is 11.5 Å². The molecule has 0 aliphatic carbocycles. The molecule has 2 fully saturated rings. The lowest BCUT2D eigenvalue weighted by molar-refractivity contribution is 0.0322. The number of hydrogen-bond acceptors (Lipinski definition) is 8. The molecule has 0 atom stereocenters. The van der Waals surface area contributed by atoms with Gasteiger partial charge in [0.05, 0.1) is 31.0 Å². The normalized spacial score (nSPS) is 21.1. The van der Waals surface area contributed by atoms with Gasteiger partial charge in [-0.25, -0.2) is 0 Å². The number of benzene rings is 2. The molecule has 0 bridgehead atoms. The second-order valence-corrected chi connectivity index (χ2v) is 10.0. The fourth-order valence-corrected chi connectivity index (χ4v) is 5.34. The number of carbonyl (C=O) groups excluding carboxylic acids is 1. The second kappa shape index (κ2) is 10.8. The van der Waals surface area contributed by atoms with Gasteiger partial charge in [0.1, 0.15) is 18.1 Å². The topological polar surface area (TPSA) is 75.6 Å². The Labute approximate surface area is 217 Å². The zero-order valence-electron chi connectivity index (χ0n) is 21.4. The molecule has 6 rings (SSSR count). The van der Waals surface area contributed by atoms with Crippen LogP contribution in [0, 0.1) is 6.92 Å². The van der Waals surface area contributed by atoms with Crippen LogP contribution in [0.5, 0.6) is 11.5 Å². The number of morpholine rings is 1. The van der Waals surface area contributed by atoms with Gasteiger partial charge in [0.15, 0.2) is 5.76 Å². The minimum absolute atomic E-state index is 0.0781.